The molecule has 4 heteroatoms. The zero-order valence-corrected chi connectivity index (χ0v) is 12.6. The van der Waals surface area contributed by atoms with Crippen LogP contribution in [-0.2, 0) is 4.79 Å². The molecule has 0 spiro atoms. The van der Waals surface area contributed by atoms with Crippen LogP contribution >= 0.6 is 0 Å². The maximum Gasteiger partial charge on any atom is 0.236 e. The summed E-state index contributed by atoms with van der Waals surface area (Å²) < 4.78 is 0. The predicted octanol–water partition coefficient (Wildman–Crippen LogP) is 1.35. The fourth-order valence-electron chi connectivity index (χ4n) is 3.68. The number of nitrogens with one attached hydrogen (secondary N) is 1. The Kier molecular flexibility index (Phi) is 4.85. The van der Waals surface area contributed by atoms with Gasteiger partial charge in [0.05, 0.1) is 6.04 Å². The van der Waals surface area contributed by atoms with Crippen LogP contribution in [0.4, 0.5) is 0 Å². The summed E-state index contributed by atoms with van der Waals surface area (Å²) in [5, 5.41) is 3.06. The normalized spacial score (nSPS) is 32.6. The van der Waals surface area contributed by atoms with Crippen molar-refractivity contribution in [1.82, 2.24) is 10.2 Å². The van der Waals surface area contributed by atoms with E-state index in [2.05, 4.69) is 31.1 Å². The molecule has 2 rings (SSSR count). The monoisotopic (exact) mass is 267 g/mol. The molecule has 0 saturated carbocycles. The third kappa shape index (κ3) is 3.69. The number of fused-ring (bicyclic) bond motifs is 2. The number of carbonyl (C=O) groups excluding carboxylic acids is 1. The van der Waals surface area contributed by atoms with Crippen LogP contribution in [0.3, 0.4) is 0 Å². The Bertz CT molecular complexity index is 305. The maximum atomic E-state index is 11.9. The second-order valence-corrected chi connectivity index (χ2v) is 6.87. The van der Waals surface area contributed by atoms with E-state index < -0.39 is 0 Å². The van der Waals surface area contributed by atoms with Gasteiger partial charge in [-0.3, -0.25) is 4.79 Å². The molecule has 2 unspecified atom stereocenters. The van der Waals surface area contributed by atoms with Crippen LogP contribution in [0.5, 0.6) is 0 Å². The third-order valence-corrected chi connectivity index (χ3v) is 4.82. The summed E-state index contributed by atoms with van der Waals surface area (Å²) in [5.41, 5.74) is 5.90. The van der Waals surface area contributed by atoms with Crippen LogP contribution in [0.1, 0.15) is 46.0 Å². The Hall–Kier alpha value is -0.610. The second kappa shape index (κ2) is 6.23. The molecular weight excluding hydrogens is 238 g/mol. The van der Waals surface area contributed by atoms with Crippen molar-refractivity contribution in [2.75, 3.05) is 13.6 Å². The molecule has 3 atom stereocenters. The summed E-state index contributed by atoms with van der Waals surface area (Å²) in [5.74, 6) is 1.14. The van der Waals surface area contributed by atoms with E-state index in [1.54, 1.807) is 0 Å². The maximum absolute atomic E-state index is 11.9. The lowest BCUT2D eigenvalue weighted by molar-refractivity contribution is -0.123. The van der Waals surface area contributed by atoms with Crippen molar-refractivity contribution in [1.29, 1.82) is 0 Å². The number of nitrogens with zero attached hydrogens (tertiary/aromatic N) is 1. The lowest BCUT2D eigenvalue weighted by Crippen LogP contribution is -2.46. The van der Waals surface area contributed by atoms with Gasteiger partial charge in [0.25, 0.3) is 0 Å². The van der Waals surface area contributed by atoms with E-state index in [-0.39, 0.29) is 11.9 Å². The van der Waals surface area contributed by atoms with Crippen LogP contribution in [-0.4, -0.2) is 42.5 Å². The molecule has 2 fully saturated rings. The van der Waals surface area contributed by atoms with Crippen molar-refractivity contribution in [2.45, 2.75) is 64.1 Å². The molecule has 2 aliphatic heterocycles. The van der Waals surface area contributed by atoms with E-state index in [1.807, 2.05) is 0 Å². The average Bonchev–Trinajstić information content (AvgIpc) is 2.58. The van der Waals surface area contributed by atoms with Crippen molar-refractivity contribution in [3.8, 4) is 0 Å². The number of carbonyl (C=O) groups is 1. The topological polar surface area (TPSA) is 58.4 Å². The number of hydrogen-bond acceptors (Lipinski definition) is 3. The average molecular weight is 267 g/mol. The first-order chi connectivity index (χ1) is 8.97. The smallest absolute Gasteiger partial charge is 0.236 e. The molecule has 4 nitrogen and oxygen atoms in total. The molecule has 0 radical (unpaired) electrons. The Morgan fingerprint density at radius 3 is 2.42 bits per heavy atom. The fourth-order valence-corrected chi connectivity index (χ4v) is 3.68. The minimum atomic E-state index is -0.344. The SMILES string of the molecule is CC(C)C[C@@H](N)C(=O)NCC1CC2CCC(C1)N2C. The van der Waals surface area contributed by atoms with Crippen LogP contribution in [0.15, 0.2) is 0 Å². The van der Waals surface area contributed by atoms with Crippen molar-refractivity contribution in [3.63, 3.8) is 0 Å². The van der Waals surface area contributed by atoms with Crippen LogP contribution in [0, 0.1) is 11.8 Å². The van der Waals surface area contributed by atoms with Gasteiger partial charge in [0, 0.05) is 18.6 Å². The largest absolute Gasteiger partial charge is 0.354 e. The van der Waals surface area contributed by atoms with Gasteiger partial charge in [-0.05, 0) is 51.0 Å². The zero-order valence-electron chi connectivity index (χ0n) is 12.6. The molecule has 0 aliphatic carbocycles. The number of hydrogen-bond donors (Lipinski definition) is 2. The fraction of sp³-hybridized carbons (Fsp3) is 0.933. The van der Waals surface area contributed by atoms with Gasteiger partial charge in [-0.25, -0.2) is 0 Å². The molecule has 2 aliphatic rings. The van der Waals surface area contributed by atoms with E-state index >= 15 is 0 Å². The van der Waals surface area contributed by atoms with E-state index in [9.17, 15) is 4.79 Å². The van der Waals surface area contributed by atoms with Gasteiger partial charge in [-0.15, -0.1) is 0 Å². The van der Waals surface area contributed by atoms with Crippen LogP contribution in [0.2, 0.25) is 0 Å². The molecule has 0 aromatic heterocycles. The number of nitrogens with two attached hydrogens (primary N) is 1. The first-order valence-corrected chi connectivity index (χ1v) is 7.72. The highest BCUT2D eigenvalue weighted by molar-refractivity contribution is 5.81. The van der Waals surface area contributed by atoms with Gasteiger partial charge < -0.3 is 16.0 Å². The van der Waals surface area contributed by atoms with Gasteiger partial charge in [-0.2, -0.15) is 0 Å². The molecule has 1 amide bonds. The molecule has 2 saturated heterocycles. The van der Waals surface area contributed by atoms with Crippen molar-refractivity contribution < 1.29 is 4.79 Å². The quantitative estimate of drug-likeness (QED) is 0.790. The Morgan fingerprint density at radius 2 is 1.89 bits per heavy atom. The summed E-state index contributed by atoms with van der Waals surface area (Å²) in [4.78, 5) is 14.4. The molecule has 19 heavy (non-hydrogen) atoms. The molecule has 110 valence electrons. The number of amides is 1. The lowest BCUT2D eigenvalue weighted by atomic mass is 9.91. The van der Waals surface area contributed by atoms with Crippen LogP contribution in [0.25, 0.3) is 0 Å². The van der Waals surface area contributed by atoms with E-state index in [0.29, 0.717) is 11.8 Å². The molecular formula is C15H29N3O. The third-order valence-electron chi connectivity index (χ3n) is 4.82. The molecule has 3 N–H and O–H groups in total. The number of rotatable bonds is 5. The zero-order chi connectivity index (χ0) is 14.0. The van der Waals surface area contributed by atoms with Crippen molar-refractivity contribution >= 4 is 5.91 Å². The van der Waals surface area contributed by atoms with Crippen molar-refractivity contribution in [3.05, 3.63) is 0 Å². The Morgan fingerprint density at radius 1 is 1.32 bits per heavy atom. The molecule has 2 heterocycles. The van der Waals surface area contributed by atoms with E-state index in [4.69, 9.17) is 5.73 Å². The Labute approximate surface area is 117 Å². The number of piperidine rings is 1. The van der Waals surface area contributed by atoms with Gasteiger partial charge >= 0.3 is 0 Å². The minimum Gasteiger partial charge on any atom is -0.354 e. The highest BCUT2D eigenvalue weighted by atomic mass is 16.2. The summed E-state index contributed by atoms with van der Waals surface area (Å²) in [6.07, 6.45) is 5.89. The van der Waals surface area contributed by atoms with Gasteiger partial charge in [-0.1, -0.05) is 13.8 Å². The molecule has 2 bridgehead atoms. The highest BCUT2D eigenvalue weighted by Crippen LogP contribution is 2.36. The summed E-state index contributed by atoms with van der Waals surface area (Å²) in [6, 6.07) is 1.14. The predicted molar refractivity (Wildman–Crippen MR) is 77.7 cm³/mol. The summed E-state index contributed by atoms with van der Waals surface area (Å²) in [6.45, 7) is 5.01. The Balaban J connectivity index is 1.73. The van der Waals surface area contributed by atoms with Crippen LogP contribution < -0.4 is 11.1 Å². The van der Waals surface area contributed by atoms with Gasteiger partial charge in [0.15, 0.2) is 0 Å². The van der Waals surface area contributed by atoms with Gasteiger partial charge in [0.1, 0.15) is 0 Å². The molecule has 0 aromatic rings. The van der Waals surface area contributed by atoms with Gasteiger partial charge in [0.2, 0.25) is 5.91 Å². The summed E-state index contributed by atoms with van der Waals surface area (Å²) in [7, 11) is 2.25. The minimum absolute atomic E-state index is 0.0278. The first-order valence-electron chi connectivity index (χ1n) is 7.72. The van der Waals surface area contributed by atoms with E-state index in [0.717, 1.165) is 25.0 Å². The van der Waals surface area contributed by atoms with E-state index in [1.165, 1.54) is 25.7 Å². The lowest BCUT2D eigenvalue weighted by Gasteiger charge is -2.36. The highest BCUT2D eigenvalue weighted by Gasteiger charge is 2.38. The molecule has 0 aromatic carbocycles. The van der Waals surface area contributed by atoms with Crippen molar-refractivity contribution in [2.24, 2.45) is 17.6 Å². The second-order valence-electron chi connectivity index (χ2n) is 6.87. The first kappa shape index (κ1) is 14.8. The summed E-state index contributed by atoms with van der Waals surface area (Å²) >= 11 is 0. The standard InChI is InChI=1S/C15H29N3O/c1-10(2)6-14(16)15(19)17-9-11-7-12-4-5-13(8-11)18(12)3/h10-14H,4-9,16H2,1-3H3,(H,17,19)/t11?,12?,13?,14-/m1/s1.